The maximum Gasteiger partial charge on any atom is 0.228 e. The van der Waals surface area contributed by atoms with Crippen LogP contribution in [0.4, 0.5) is 5.82 Å². The molecule has 2 aromatic carbocycles. The highest BCUT2D eigenvalue weighted by Crippen LogP contribution is 2.30. The molecule has 0 aliphatic rings. The van der Waals surface area contributed by atoms with Gasteiger partial charge >= 0.3 is 0 Å². The molecule has 5 heteroatoms. The number of benzene rings is 2. The molecule has 0 atom stereocenters. The van der Waals surface area contributed by atoms with Crippen LogP contribution in [0.3, 0.4) is 0 Å². The van der Waals surface area contributed by atoms with Crippen molar-refractivity contribution < 1.29 is 4.52 Å². The largest absolute Gasteiger partial charge is 0.367 e. The zero-order valence-electron chi connectivity index (χ0n) is 15.6. The third-order valence-corrected chi connectivity index (χ3v) is 4.53. The van der Waals surface area contributed by atoms with Crippen LogP contribution in [0.2, 0.25) is 0 Å². The number of hydrogen-bond acceptors (Lipinski definition) is 5. The minimum atomic E-state index is 0.607. The first-order valence-corrected chi connectivity index (χ1v) is 9.19. The summed E-state index contributed by atoms with van der Waals surface area (Å²) in [5.74, 6) is 1.40. The van der Waals surface area contributed by atoms with E-state index in [1.807, 2.05) is 25.1 Å². The van der Waals surface area contributed by atoms with Crippen LogP contribution in [0.15, 0.2) is 59.1 Å². The molecule has 1 N–H and O–H groups in total. The van der Waals surface area contributed by atoms with Gasteiger partial charge in [0.2, 0.25) is 5.58 Å². The van der Waals surface area contributed by atoms with E-state index in [1.165, 1.54) is 11.1 Å². The minimum Gasteiger partial charge on any atom is -0.367 e. The number of nitrogens with one attached hydrogen (secondary N) is 1. The molecule has 0 radical (unpaired) electrons. The number of aryl methyl sites for hydroxylation is 3. The van der Waals surface area contributed by atoms with E-state index in [2.05, 4.69) is 63.8 Å². The molecule has 0 amide bonds. The van der Waals surface area contributed by atoms with Crippen molar-refractivity contribution in [1.82, 2.24) is 15.1 Å². The number of nitrogens with zero attached hydrogens (tertiary/aromatic N) is 3. The summed E-state index contributed by atoms with van der Waals surface area (Å²) in [6, 6.07) is 18.7. The van der Waals surface area contributed by atoms with Gasteiger partial charge in [-0.1, -0.05) is 65.3 Å². The second-order valence-electron chi connectivity index (χ2n) is 6.71. The molecule has 0 aliphatic carbocycles. The smallest absolute Gasteiger partial charge is 0.228 e. The highest BCUT2D eigenvalue weighted by Gasteiger charge is 2.17. The Labute approximate surface area is 158 Å². The van der Waals surface area contributed by atoms with E-state index >= 15 is 0 Å². The Morgan fingerprint density at radius 1 is 0.926 bits per heavy atom. The van der Waals surface area contributed by atoms with Gasteiger partial charge in [0.25, 0.3) is 0 Å². The molecule has 0 spiro atoms. The van der Waals surface area contributed by atoms with E-state index < -0.39 is 0 Å². The molecule has 4 rings (SSSR count). The monoisotopic (exact) mass is 358 g/mol. The van der Waals surface area contributed by atoms with Crippen molar-refractivity contribution in [3.63, 3.8) is 0 Å². The van der Waals surface area contributed by atoms with Gasteiger partial charge in [0.05, 0.1) is 0 Å². The van der Waals surface area contributed by atoms with Crippen molar-refractivity contribution in [3.05, 3.63) is 71.5 Å². The summed E-state index contributed by atoms with van der Waals surface area (Å²) < 4.78 is 5.60. The fourth-order valence-corrected chi connectivity index (χ4v) is 3.11. The van der Waals surface area contributed by atoms with Gasteiger partial charge in [-0.25, -0.2) is 9.97 Å². The second-order valence-corrected chi connectivity index (χ2v) is 6.71. The Hall–Kier alpha value is -3.21. The summed E-state index contributed by atoms with van der Waals surface area (Å²) >= 11 is 0. The van der Waals surface area contributed by atoms with Gasteiger partial charge in [-0.3, -0.25) is 0 Å². The summed E-state index contributed by atoms with van der Waals surface area (Å²) in [4.78, 5) is 9.07. The molecule has 2 heterocycles. The second kappa shape index (κ2) is 7.58. The van der Waals surface area contributed by atoms with E-state index in [0.717, 1.165) is 36.2 Å². The van der Waals surface area contributed by atoms with Gasteiger partial charge in [-0.15, -0.1) is 0 Å². The van der Waals surface area contributed by atoms with Crippen LogP contribution in [0, 0.1) is 13.8 Å². The molecule has 0 saturated carbocycles. The molecule has 0 saturated heterocycles. The molecule has 4 aromatic rings. The van der Waals surface area contributed by atoms with Crippen molar-refractivity contribution in [1.29, 1.82) is 0 Å². The highest BCUT2D eigenvalue weighted by molar-refractivity contribution is 5.93. The summed E-state index contributed by atoms with van der Waals surface area (Å²) in [5, 5.41) is 7.64. The van der Waals surface area contributed by atoms with E-state index in [4.69, 9.17) is 4.52 Å². The molecule has 27 heavy (non-hydrogen) atoms. The topological polar surface area (TPSA) is 63.8 Å². The van der Waals surface area contributed by atoms with Crippen molar-refractivity contribution in [3.8, 4) is 11.3 Å². The molecule has 2 aromatic heterocycles. The van der Waals surface area contributed by atoms with Crippen LogP contribution in [0.5, 0.6) is 0 Å². The number of hydrogen-bond donors (Lipinski definition) is 1. The molecule has 0 bridgehead atoms. The zero-order valence-corrected chi connectivity index (χ0v) is 15.6. The number of aromatic nitrogens is 3. The average molecular weight is 358 g/mol. The summed E-state index contributed by atoms with van der Waals surface area (Å²) in [6.45, 7) is 4.76. The van der Waals surface area contributed by atoms with E-state index in [1.54, 1.807) is 0 Å². The Bertz CT molecular complexity index is 1040. The van der Waals surface area contributed by atoms with Gasteiger partial charge in [0.15, 0.2) is 5.82 Å². The Morgan fingerprint density at radius 3 is 2.48 bits per heavy atom. The molecular formula is C22H22N4O. The van der Waals surface area contributed by atoms with E-state index in [9.17, 15) is 0 Å². The lowest BCUT2D eigenvalue weighted by molar-refractivity contribution is 0.459. The van der Waals surface area contributed by atoms with E-state index in [0.29, 0.717) is 17.2 Å². The fraction of sp³-hybridized carbons (Fsp3) is 0.227. The predicted molar refractivity (Wildman–Crippen MR) is 108 cm³/mol. The van der Waals surface area contributed by atoms with Gasteiger partial charge in [0.1, 0.15) is 17.0 Å². The van der Waals surface area contributed by atoms with Gasteiger partial charge < -0.3 is 9.84 Å². The number of fused-ring (bicyclic) bond motifs is 1. The van der Waals surface area contributed by atoms with Crippen LogP contribution in [-0.4, -0.2) is 21.7 Å². The summed E-state index contributed by atoms with van der Waals surface area (Å²) in [5.41, 5.74) is 5.64. The van der Waals surface area contributed by atoms with Crippen molar-refractivity contribution >= 4 is 16.9 Å². The average Bonchev–Trinajstić information content (AvgIpc) is 3.10. The molecule has 5 nitrogen and oxygen atoms in total. The number of rotatable bonds is 6. The maximum absolute atomic E-state index is 5.60. The van der Waals surface area contributed by atoms with Crippen molar-refractivity contribution in [2.45, 2.75) is 26.7 Å². The molecule has 0 fully saturated rings. The van der Waals surface area contributed by atoms with Crippen LogP contribution < -0.4 is 5.32 Å². The van der Waals surface area contributed by atoms with Crippen molar-refractivity contribution in [2.24, 2.45) is 0 Å². The SMILES string of the molecule is Cc1ccc(-c2noc3c(NCCCc4ccccc4)nc(C)nc23)cc1. The van der Waals surface area contributed by atoms with Crippen LogP contribution in [0.1, 0.15) is 23.4 Å². The Balaban J connectivity index is 1.54. The lowest BCUT2D eigenvalue weighted by atomic mass is 10.1. The molecule has 0 unspecified atom stereocenters. The Kier molecular flexibility index (Phi) is 4.83. The van der Waals surface area contributed by atoms with Crippen LogP contribution in [0.25, 0.3) is 22.4 Å². The maximum atomic E-state index is 5.60. The normalized spacial score (nSPS) is 11.0. The molecular weight excluding hydrogens is 336 g/mol. The summed E-state index contributed by atoms with van der Waals surface area (Å²) in [7, 11) is 0. The number of anilines is 1. The quantitative estimate of drug-likeness (QED) is 0.494. The summed E-state index contributed by atoms with van der Waals surface area (Å²) in [6.07, 6.45) is 2.03. The first-order chi connectivity index (χ1) is 13.2. The molecule has 136 valence electrons. The first-order valence-electron chi connectivity index (χ1n) is 9.19. The Morgan fingerprint density at radius 2 is 1.70 bits per heavy atom. The van der Waals surface area contributed by atoms with Crippen molar-refractivity contribution in [2.75, 3.05) is 11.9 Å². The van der Waals surface area contributed by atoms with Gasteiger partial charge in [0, 0.05) is 12.1 Å². The standard InChI is InChI=1S/C22H22N4O/c1-15-10-12-18(13-11-15)19-20-21(27-26-19)22(25-16(2)24-20)23-14-6-9-17-7-4-3-5-8-17/h3-5,7-8,10-13H,6,9,14H2,1-2H3,(H,23,24,25). The lowest BCUT2D eigenvalue weighted by Crippen LogP contribution is -2.06. The molecule has 0 aliphatic heterocycles. The van der Waals surface area contributed by atoms with Gasteiger partial charge in [-0.2, -0.15) is 0 Å². The van der Waals surface area contributed by atoms with Gasteiger partial charge in [-0.05, 0) is 32.3 Å². The zero-order chi connectivity index (χ0) is 18.6. The highest BCUT2D eigenvalue weighted by atomic mass is 16.5. The lowest BCUT2D eigenvalue weighted by Gasteiger charge is -2.06. The predicted octanol–water partition coefficient (Wildman–Crippen LogP) is 4.95. The van der Waals surface area contributed by atoms with Crippen LogP contribution in [-0.2, 0) is 6.42 Å². The third kappa shape index (κ3) is 3.82. The fourth-order valence-electron chi connectivity index (χ4n) is 3.11. The first kappa shape index (κ1) is 17.2. The third-order valence-electron chi connectivity index (χ3n) is 4.53. The van der Waals surface area contributed by atoms with E-state index in [-0.39, 0.29) is 0 Å². The van der Waals surface area contributed by atoms with Crippen LogP contribution >= 0.6 is 0 Å². The minimum absolute atomic E-state index is 0.607.